The zero-order valence-corrected chi connectivity index (χ0v) is 15.7. The molecule has 0 bridgehead atoms. The van der Waals surface area contributed by atoms with E-state index >= 15 is 0 Å². The third-order valence-corrected chi connectivity index (χ3v) is 5.32. The number of hydrogen-bond acceptors (Lipinski definition) is 0. The second kappa shape index (κ2) is 10.6. The van der Waals surface area contributed by atoms with Gasteiger partial charge in [0, 0.05) is 10.2 Å². The molecule has 1 atom stereocenters. The smallest absolute Gasteiger partial charge is 0.0222 e. The highest BCUT2D eigenvalue weighted by atomic mass is 28.1. The van der Waals surface area contributed by atoms with Crippen LogP contribution in [0.2, 0.25) is 6.04 Å². The Hall–Kier alpha value is -1.08. The monoisotopic (exact) mass is 323 g/mol. The Morgan fingerprint density at radius 2 is 1.43 bits per heavy atom. The van der Waals surface area contributed by atoms with Crippen molar-refractivity contribution in [2.75, 3.05) is 0 Å². The minimum atomic E-state index is 0.729. The first kappa shape index (κ1) is 18.3. The summed E-state index contributed by atoms with van der Waals surface area (Å²) in [7, 11) is 3.55. The Morgan fingerprint density at radius 3 is 2.13 bits per heavy atom. The fourth-order valence-electron chi connectivity index (χ4n) is 3.47. The molecule has 0 heterocycles. The van der Waals surface area contributed by atoms with Crippen molar-refractivity contribution in [1.82, 2.24) is 0 Å². The van der Waals surface area contributed by atoms with Gasteiger partial charge in [-0.2, -0.15) is 0 Å². The maximum absolute atomic E-state index is 3.55. The van der Waals surface area contributed by atoms with E-state index in [0.29, 0.717) is 0 Å². The summed E-state index contributed by atoms with van der Waals surface area (Å²) in [6.07, 6.45) is 12.3. The van der Waals surface area contributed by atoms with Crippen molar-refractivity contribution in [3.05, 3.63) is 48.0 Å². The summed E-state index contributed by atoms with van der Waals surface area (Å²) in [5.74, 6) is 0.729. The lowest BCUT2D eigenvalue weighted by Crippen LogP contribution is -1.97. The molecule has 3 radical (unpaired) electrons. The molecule has 0 aliphatic carbocycles. The van der Waals surface area contributed by atoms with Crippen LogP contribution in [0.15, 0.2) is 42.5 Å². The van der Waals surface area contributed by atoms with Crippen molar-refractivity contribution in [3.8, 4) is 0 Å². The molecule has 0 fully saturated rings. The molecule has 2 rings (SSSR count). The van der Waals surface area contributed by atoms with Crippen LogP contribution in [-0.2, 0) is 0 Å². The molecule has 0 aliphatic rings. The van der Waals surface area contributed by atoms with Crippen LogP contribution >= 0.6 is 0 Å². The van der Waals surface area contributed by atoms with Gasteiger partial charge in [-0.15, -0.1) is 0 Å². The molecular formula is C22H31Si. The van der Waals surface area contributed by atoms with Gasteiger partial charge in [0.15, 0.2) is 0 Å². The maximum Gasteiger partial charge on any atom is 0.0222 e. The van der Waals surface area contributed by atoms with Crippen molar-refractivity contribution in [2.45, 2.75) is 76.7 Å². The topological polar surface area (TPSA) is 0 Å². The predicted octanol–water partition coefficient (Wildman–Crippen LogP) is 7.04. The van der Waals surface area contributed by atoms with Gasteiger partial charge in [0.05, 0.1) is 0 Å². The Kier molecular flexibility index (Phi) is 8.45. The molecule has 0 saturated carbocycles. The summed E-state index contributed by atoms with van der Waals surface area (Å²) in [6.45, 7) is 2.33. The lowest BCUT2D eigenvalue weighted by molar-refractivity contribution is 0.525. The van der Waals surface area contributed by atoms with Gasteiger partial charge in [-0.1, -0.05) is 100 Å². The van der Waals surface area contributed by atoms with E-state index in [1.165, 1.54) is 74.1 Å². The summed E-state index contributed by atoms with van der Waals surface area (Å²) < 4.78 is 0. The zero-order valence-electron chi connectivity index (χ0n) is 14.7. The predicted molar refractivity (Wildman–Crippen MR) is 104 cm³/mol. The van der Waals surface area contributed by atoms with E-state index < -0.39 is 0 Å². The van der Waals surface area contributed by atoms with Crippen LogP contribution in [0, 0.1) is 0 Å². The van der Waals surface area contributed by atoms with E-state index in [2.05, 4.69) is 59.6 Å². The second-order valence-electron chi connectivity index (χ2n) is 6.73. The first-order chi connectivity index (χ1) is 11.3. The van der Waals surface area contributed by atoms with E-state index in [1.807, 2.05) is 0 Å². The molecule has 0 spiro atoms. The highest BCUT2D eigenvalue weighted by Gasteiger charge is 2.09. The van der Waals surface area contributed by atoms with E-state index in [9.17, 15) is 0 Å². The van der Waals surface area contributed by atoms with Gasteiger partial charge < -0.3 is 0 Å². The third kappa shape index (κ3) is 6.14. The zero-order chi connectivity index (χ0) is 16.3. The normalized spacial score (nSPS) is 12.6. The molecule has 123 valence electrons. The summed E-state index contributed by atoms with van der Waals surface area (Å²) in [5, 5.41) is 2.74. The van der Waals surface area contributed by atoms with Gasteiger partial charge >= 0.3 is 0 Å². The maximum atomic E-state index is 3.55. The number of hydrogen-bond donors (Lipinski definition) is 0. The highest BCUT2D eigenvalue weighted by Crippen LogP contribution is 2.28. The molecule has 0 aliphatic heterocycles. The number of rotatable bonds is 11. The molecule has 2 aromatic rings. The quantitative estimate of drug-likeness (QED) is 0.307. The Labute approximate surface area is 146 Å². The lowest BCUT2D eigenvalue weighted by Gasteiger charge is -2.16. The number of unbranched alkanes of at least 4 members (excludes halogenated alkanes) is 6. The van der Waals surface area contributed by atoms with Crippen molar-refractivity contribution in [3.63, 3.8) is 0 Å². The molecule has 1 heteroatoms. The molecule has 0 nitrogen and oxygen atoms in total. The van der Waals surface area contributed by atoms with E-state index in [0.717, 1.165) is 12.0 Å². The molecular weight excluding hydrogens is 292 g/mol. The van der Waals surface area contributed by atoms with E-state index in [4.69, 9.17) is 0 Å². The Balaban J connectivity index is 1.75. The van der Waals surface area contributed by atoms with Gasteiger partial charge in [-0.05, 0) is 35.1 Å². The molecule has 0 amide bonds. The van der Waals surface area contributed by atoms with Gasteiger partial charge in [0.1, 0.15) is 0 Å². The summed E-state index contributed by atoms with van der Waals surface area (Å²) in [5.41, 5.74) is 1.53. The van der Waals surface area contributed by atoms with Crippen LogP contribution in [0.1, 0.15) is 76.2 Å². The van der Waals surface area contributed by atoms with Crippen LogP contribution in [0.25, 0.3) is 10.8 Å². The summed E-state index contributed by atoms with van der Waals surface area (Å²) >= 11 is 0. The molecule has 0 N–H and O–H groups in total. The fourth-order valence-corrected chi connectivity index (χ4v) is 3.72. The molecule has 0 saturated heterocycles. The minimum absolute atomic E-state index is 0.729. The van der Waals surface area contributed by atoms with Crippen LogP contribution in [-0.4, -0.2) is 10.2 Å². The second-order valence-corrected chi connectivity index (χ2v) is 7.23. The fraction of sp³-hybridized carbons (Fsp3) is 0.545. The van der Waals surface area contributed by atoms with Crippen molar-refractivity contribution >= 4 is 21.0 Å². The number of benzene rings is 2. The largest absolute Gasteiger partial charge is 0.0648 e. The average Bonchev–Trinajstić information content (AvgIpc) is 2.60. The molecule has 2 aromatic carbocycles. The SMILES string of the molecule is CCC(CCCCCCCCC[Si])c1ccc2ccccc2c1. The molecule has 1 unspecified atom stereocenters. The van der Waals surface area contributed by atoms with Crippen molar-refractivity contribution in [1.29, 1.82) is 0 Å². The van der Waals surface area contributed by atoms with Crippen molar-refractivity contribution in [2.24, 2.45) is 0 Å². The van der Waals surface area contributed by atoms with Crippen molar-refractivity contribution < 1.29 is 0 Å². The first-order valence-corrected chi connectivity index (χ1v) is 10.2. The van der Waals surface area contributed by atoms with E-state index in [-0.39, 0.29) is 0 Å². The van der Waals surface area contributed by atoms with Crippen LogP contribution in [0.3, 0.4) is 0 Å². The van der Waals surface area contributed by atoms with Gasteiger partial charge in [0.25, 0.3) is 0 Å². The average molecular weight is 324 g/mol. The Morgan fingerprint density at radius 1 is 0.783 bits per heavy atom. The summed E-state index contributed by atoms with van der Waals surface area (Å²) in [4.78, 5) is 0. The molecule has 0 aromatic heterocycles. The highest BCUT2D eigenvalue weighted by molar-refractivity contribution is 6.08. The van der Waals surface area contributed by atoms with Crippen LogP contribution < -0.4 is 0 Å². The standard InChI is InChI=1S/C22H31Si/c1-2-19(12-8-6-4-3-5-7-11-17-23)22-16-15-20-13-9-10-14-21(20)18-22/h9-10,13-16,18-19H,2-8,11-12,17H2,1H3. The van der Waals surface area contributed by atoms with Gasteiger partial charge in [-0.25, -0.2) is 0 Å². The van der Waals surface area contributed by atoms with E-state index in [1.54, 1.807) is 0 Å². The van der Waals surface area contributed by atoms with Gasteiger partial charge in [-0.3, -0.25) is 0 Å². The lowest BCUT2D eigenvalue weighted by atomic mass is 9.89. The van der Waals surface area contributed by atoms with Crippen LogP contribution in [0.4, 0.5) is 0 Å². The Bertz CT molecular complexity index is 561. The number of fused-ring (bicyclic) bond motifs is 1. The minimum Gasteiger partial charge on any atom is -0.0648 e. The summed E-state index contributed by atoms with van der Waals surface area (Å²) in [6, 6.07) is 16.9. The first-order valence-electron chi connectivity index (χ1n) is 9.48. The third-order valence-electron chi connectivity index (χ3n) is 4.97. The van der Waals surface area contributed by atoms with Gasteiger partial charge in [0.2, 0.25) is 0 Å². The van der Waals surface area contributed by atoms with Crippen LogP contribution in [0.5, 0.6) is 0 Å². The molecule has 23 heavy (non-hydrogen) atoms.